The number of nitrogens with one attached hydrogen (secondary N) is 3. The standard InChI is InChI=1S/C14H21N3O2/c1-9-4-5-12(6-10(9)2)19-8-14(18)16-13-7-15-17-11(13)3/h4-6,11,13,15,17H,7-8H2,1-3H3,(H,16,18). The monoisotopic (exact) mass is 263 g/mol. The highest BCUT2D eigenvalue weighted by Gasteiger charge is 2.24. The van der Waals surface area contributed by atoms with Gasteiger partial charge in [0.25, 0.3) is 5.91 Å². The number of benzene rings is 1. The molecule has 2 unspecified atom stereocenters. The van der Waals surface area contributed by atoms with Crippen molar-refractivity contribution in [2.45, 2.75) is 32.9 Å². The third-order valence-electron chi connectivity index (χ3n) is 3.45. The Kier molecular flexibility index (Phi) is 4.39. The molecule has 0 aliphatic carbocycles. The summed E-state index contributed by atoms with van der Waals surface area (Å²) in [5, 5.41) is 2.94. The maximum Gasteiger partial charge on any atom is 0.258 e. The second-order valence-corrected chi connectivity index (χ2v) is 5.02. The van der Waals surface area contributed by atoms with Crippen molar-refractivity contribution >= 4 is 5.91 Å². The molecule has 2 atom stereocenters. The fourth-order valence-corrected chi connectivity index (χ4v) is 1.98. The molecule has 5 heteroatoms. The zero-order chi connectivity index (χ0) is 13.8. The van der Waals surface area contributed by atoms with Crippen molar-refractivity contribution in [2.75, 3.05) is 13.2 Å². The number of carbonyl (C=O) groups excluding carboxylic acids is 1. The van der Waals surface area contributed by atoms with Crippen molar-refractivity contribution in [3.05, 3.63) is 29.3 Å². The van der Waals surface area contributed by atoms with E-state index in [1.807, 2.05) is 39.0 Å². The molecule has 1 aliphatic rings. The van der Waals surface area contributed by atoms with Crippen molar-refractivity contribution in [2.24, 2.45) is 0 Å². The van der Waals surface area contributed by atoms with Gasteiger partial charge in [-0.1, -0.05) is 6.07 Å². The molecule has 0 radical (unpaired) electrons. The van der Waals surface area contributed by atoms with Gasteiger partial charge in [0, 0.05) is 12.6 Å². The molecule has 3 N–H and O–H groups in total. The third-order valence-corrected chi connectivity index (χ3v) is 3.45. The van der Waals surface area contributed by atoms with Gasteiger partial charge in [-0.05, 0) is 44.0 Å². The summed E-state index contributed by atoms with van der Waals surface area (Å²) >= 11 is 0. The van der Waals surface area contributed by atoms with Crippen molar-refractivity contribution in [1.29, 1.82) is 0 Å². The lowest BCUT2D eigenvalue weighted by molar-refractivity contribution is -0.123. The van der Waals surface area contributed by atoms with E-state index in [2.05, 4.69) is 16.2 Å². The first kappa shape index (κ1) is 13.8. The van der Waals surface area contributed by atoms with Crippen molar-refractivity contribution in [3.63, 3.8) is 0 Å². The van der Waals surface area contributed by atoms with Crippen LogP contribution in [0.1, 0.15) is 18.1 Å². The van der Waals surface area contributed by atoms with Crippen LogP contribution in [0.4, 0.5) is 0 Å². The van der Waals surface area contributed by atoms with E-state index < -0.39 is 0 Å². The van der Waals surface area contributed by atoms with Crippen LogP contribution in [-0.2, 0) is 4.79 Å². The van der Waals surface area contributed by atoms with Crippen LogP contribution in [-0.4, -0.2) is 31.1 Å². The normalized spacial score (nSPS) is 22.3. The Morgan fingerprint density at radius 1 is 1.42 bits per heavy atom. The second-order valence-electron chi connectivity index (χ2n) is 5.02. The molecule has 104 valence electrons. The molecule has 1 aromatic carbocycles. The van der Waals surface area contributed by atoms with E-state index >= 15 is 0 Å². The first-order chi connectivity index (χ1) is 9.06. The molecule has 1 aromatic rings. The van der Waals surface area contributed by atoms with E-state index in [-0.39, 0.29) is 24.6 Å². The summed E-state index contributed by atoms with van der Waals surface area (Å²) in [5.41, 5.74) is 8.45. The number of ether oxygens (including phenoxy) is 1. The highest BCUT2D eigenvalue weighted by Crippen LogP contribution is 2.16. The van der Waals surface area contributed by atoms with Crippen molar-refractivity contribution < 1.29 is 9.53 Å². The van der Waals surface area contributed by atoms with Crippen molar-refractivity contribution in [1.82, 2.24) is 16.2 Å². The topological polar surface area (TPSA) is 62.4 Å². The molecule has 1 amide bonds. The predicted octanol–water partition coefficient (Wildman–Crippen LogP) is 0.663. The van der Waals surface area contributed by atoms with Gasteiger partial charge in [0.05, 0.1) is 6.04 Å². The molecule has 1 fully saturated rings. The molecule has 2 rings (SSSR count). The van der Waals surface area contributed by atoms with Crippen LogP contribution in [0, 0.1) is 13.8 Å². The highest BCUT2D eigenvalue weighted by atomic mass is 16.5. The van der Waals surface area contributed by atoms with Gasteiger partial charge < -0.3 is 10.1 Å². The summed E-state index contributed by atoms with van der Waals surface area (Å²) < 4.78 is 5.50. The molecule has 0 spiro atoms. The lowest BCUT2D eigenvalue weighted by atomic mass is 10.1. The van der Waals surface area contributed by atoms with E-state index in [9.17, 15) is 4.79 Å². The SMILES string of the molecule is Cc1ccc(OCC(=O)NC2CNNC2C)cc1C. The molecule has 1 saturated heterocycles. The minimum atomic E-state index is -0.0967. The Morgan fingerprint density at radius 3 is 2.84 bits per heavy atom. The molecular formula is C14H21N3O2. The summed E-state index contributed by atoms with van der Waals surface area (Å²) in [4.78, 5) is 11.8. The number of hydrazine groups is 1. The lowest BCUT2D eigenvalue weighted by Crippen LogP contribution is -2.45. The molecule has 1 aliphatic heterocycles. The van der Waals surface area contributed by atoms with Gasteiger partial charge in [-0.2, -0.15) is 0 Å². The van der Waals surface area contributed by atoms with Crippen LogP contribution < -0.4 is 20.9 Å². The molecule has 0 bridgehead atoms. The minimum Gasteiger partial charge on any atom is -0.484 e. The number of amides is 1. The smallest absolute Gasteiger partial charge is 0.258 e. The average Bonchev–Trinajstić information content (AvgIpc) is 2.77. The molecule has 0 aromatic heterocycles. The zero-order valence-electron chi connectivity index (χ0n) is 11.6. The van der Waals surface area contributed by atoms with E-state index in [0.29, 0.717) is 0 Å². The maximum absolute atomic E-state index is 11.8. The van der Waals surface area contributed by atoms with Gasteiger partial charge in [-0.15, -0.1) is 0 Å². The highest BCUT2D eigenvalue weighted by molar-refractivity contribution is 5.78. The van der Waals surface area contributed by atoms with E-state index in [0.717, 1.165) is 17.9 Å². The Labute approximate surface area is 113 Å². The average molecular weight is 263 g/mol. The fraction of sp³-hybridized carbons (Fsp3) is 0.500. The quantitative estimate of drug-likeness (QED) is 0.747. The summed E-state index contributed by atoms with van der Waals surface area (Å²) in [7, 11) is 0. The molecule has 0 saturated carbocycles. The first-order valence-corrected chi connectivity index (χ1v) is 6.54. The molecule has 1 heterocycles. The van der Waals surface area contributed by atoms with Crippen LogP contribution in [0.3, 0.4) is 0 Å². The summed E-state index contributed by atoms with van der Waals surface area (Å²) in [6.45, 7) is 6.88. The number of carbonyl (C=O) groups is 1. The van der Waals surface area contributed by atoms with E-state index in [1.165, 1.54) is 5.56 Å². The Morgan fingerprint density at radius 2 is 2.21 bits per heavy atom. The predicted molar refractivity (Wildman–Crippen MR) is 73.9 cm³/mol. The van der Waals surface area contributed by atoms with Crippen LogP contribution in [0.5, 0.6) is 5.75 Å². The van der Waals surface area contributed by atoms with Crippen LogP contribution in [0.2, 0.25) is 0 Å². The number of aryl methyl sites for hydroxylation is 2. The zero-order valence-corrected chi connectivity index (χ0v) is 11.6. The van der Waals surface area contributed by atoms with Gasteiger partial charge in [0.2, 0.25) is 0 Å². The maximum atomic E-state index is 11.8. The largest absolute Gasteiger partial charge is 0.484 e. The Bertz CT molecular complexity index is 462. The number of hydrogen-bond acceptors (Lipinski definition) is 4. The Hall–Kier alpha value is -1.59. The Balaban J connectivity index is 1.81. The van der Waals surface area contributed by atoms with E-state index in [4.69, 9.17) is 4.74 Å². The summed E-state index contributed by atoms with van der Waals surface area (Å²) in [5.74, 6) is 0.634. The van der Waals surface area contributed by atoms with Gasteiger partial charge in [0.15, 0.2) is 6.61 Å². The van der Waals surface area contributed by atoms with Crippen LogP contribution >= 0.6 is 0 Å². The first-order valence-electron chi connectivity index (χ1n) is 6.54. The molecule has 19 heavy (non-hydrogen) atoms. The van der Waals surface area contributed by atoms with Gasteiger partial charge in [-0.3, -0.25) is 15.6 Å². The van der Waals surface area contributed by atoms with Crippen LogP contribution in [0.15, 0.2) is 18.2 Å². The summed E-state index contributed by atoms with van der Waals surface area (Å²) in [6, 6.07) is 6.16. The lowest BCUT2D eigenvalue weighted by Gasteiger charge is -2.16. The third kappa shape index (κ3) is 3.68. The number of rotatable bonds is 4. The summed E-state index contributed by atoms with van der Waals surface area (Å²) in [6.07, 6.45) is 0. The molecule has 5 nitrogen and oxygen atoms in total. The van der Waals surface area contributed by atoms with Gasteiger partial charge in [0.1, 0.15) is 5.75 Å². The van der Waals surface area contributed by atoms with Crippen LogP contribution in [0.25, 0.3) is 0 Å². The number of hydrogen-bond donors (Lipinski definition) is 3. The fourth-order valence-electron chi connectivity index (χ4n) is 1.98. The van der Waals surface area contributed by atoms with Gasteiger partial charge in [-0.25, -0.2) is 0 Å². The van der Waals surface area contributed by atoms with E-state index in [1.54, 1.807) is 0 Å². The van der Waals surface area contributed by atoms with Crippen molar-refractivity contribution in [3.8, 4) is 5.75 Å². The van der Waals surface area contributed by atoms with Gasteiger partial charge >= 0.3 is 0 Å². The molecular weight excluding hydrogens is 242 g/mol. The second kappa shape index (κ2) is 6.04. The minimum absolute atomic E-state index is 0.0473.